The van der Waals surface area contributed by atoms with Gasteiger partial charge in [-0.15, -0.1) is 0 Å². The fraction of sp³-hybridized carbons (Fsp3) is 0.538. The Kier molecular flexibility index (Phi) is 3.60. The number of nitrogens with zero attached hydrogens (tertiary/aromatic N) is 3. The van der Waals surface area contributed by atoms with Crippen molar-refractivity contribution in [2.45, 2.75) is 25.3 Å². The standard InChI is InChI=1S/C13H17N3O/c1-15-8-5-11(9-15)13(17)10-16(7-2-6-14)12-3-4-12/h5,8-9,12H,2-4,7,10H2,1H3. The van der Waals surface area contributed by atoms with Crippen LogP contribution in [-0.2, 0) is 7.05 Å². The monoisotopic (exact) mass is 231 g/mol. The molecule has 1 heterocycles. The zero-order chi connectivity index (χ0) is 12.3. The quantitative estimate of drug-likeness (QED) is 0.698. The maximum absolute atomic E-state index is 12.0. The highest BCUT2D eigenvalue weighted by molar-refractivity contribution is 5.97. The van der Waals surface area contributed by atoms with Crippen LogP contribution in [0.1, 0.15) is 29.6 Å². The van der Waals surface area contributed by atoms with E-state index in [0.717, 1.165) is 18.4 Å². The molecule has 0 radical (unpaired) electrons. The van der Waals surface area contributed by atoms with Gasteiger partial charge >= 0.3 is 0 Å². The predicted molar refractivity (Wildman–Crippen MR) is 64.6 cm³/mol. The first-order valence-electron chi connectivity index (χ1n) is 5.97. The average Bonchev–Trinajstić information content (AvgIpc) is 3.06. The number of aromatic nitrogens is 1. The molecule has 0 bridgehead atoms. The lowest BCUT2D eigenvalue weighted by Gasteiger charge is -2.19. The van der Waals surface area contributed by atoms with E-state index in [1.165, 1.54) is 0 Å². The third-order valence-corrected chi connectivity index (χ3v) is 3.07. The van der Waals surface area contributed by atoms with Crippen molar-refractivity contribution in [2.75, 3.05) is 13.1 Å². The van der Waals surface area contributed by atoms with Crippen LogP contribution in [0.2, 0.25) is 0 Å². The summed E-state index contributed by atoms with van der Waals surface area (Å²) in [6.07, 6.45) is 6.54. The fourth-order valence-electron chi connectivity index (χ4n) is 1.97. The second-order valence-corrected chi connectivity index (χ2v) is 4.60. The van der Waals surface area contributed by atoms with Crippen LogP contribution < -0.4 is 0 Å². The van der Waals surface area contributed by atoms with Gasteiger partial charge in [0.1, 0.15) is 0 Å². The SMILES string of the molecule is Cn1ccc(C(=O)CN(CCC#N)C2CC2)c1. The molecule has 0 atom stereocenters. The Hall–Kier alpha value is -1.60. The number of ketones is 1. The number of carbonyl (C=O) groups excluding carboxylic acids is 1. The van der Waals surface area contributed by atoms with Gasteiger partial charge in [-0.3, -0.25) is 9.69 Å². The summed E-state index contributed by atoms with van der Waals surface area (Å²) in [5, 5.41) is 8.61. The van der Waals surface area contributed by atoms with E-state index in [1.54, 1.807) is 0 Å². The summed E-state index contributed by atoms with van der Waals surface area (Å²) >= 11 is 0. The fourth-order valence-corrected chi connectivity index (χ4v) is 1.97. The van der Waals surface area contributed by atoms with Gasteiger partial charge in [0.2, 0.25) is 0 Å². The molecule has 0 unspecified atom stereocenters. The largest absolute Gasteiger partial charge is 0.357 e. The van der Waals surface area contributed by atoms with Crippen molar-refractivity contribution >= 4 is 5.78 Å². The molecule has 1 aliphatic carbocycles. The molecule has 1 aromatic heterocycles. The van der Waals surface area contributed by atoms with Crippen LogP contribution in [0.15, 0.2) is 18.5 Å². The molecule has 2 rings (SSSR count). The molecule has 1 aliphatic rings. The number of hydrogen-bond acceptors (Lipinski definition) is 3. The van der Waals surface area contributed by atoms with Gasteiger partial charge in [0, 0.05) is 44.0 Å². The minimum atomic E-state index is 0.149. The maximum atomic E-state index is 12.0. The third-order valence-electron chi connectivity index (χ3n) is 3.07. The van der Waals surface area contributed by atoms with E-state index in [9.17, 15) is 4.79 Å². The Labute approximate surface area is 101 Å². The van der Waals surface area contributed by atoms with Crippen molar-refractivity contribution < 1.29 is 4.79 Å². The number of carbonyl (C=O) groups is 1. The first-order chi connectivity index (χ1) is 8.20. The van der Waals surface area contributed by atoms with Gasteiger partial charge in [-0.25, -0.2) is 0 Å². The Morgan fingerprint density at radius 2 is 2.41 bits per heavy atom. The third kappa shape index (κ3) is 3.18. The summed E-state index contributed by atoms with van der Waals surface area (Å²) in [6.45, 7) is 1.15. The van der Waals surface area contributed by atoms with Crippen LogP contribution in [0.5, 0.6) is 0 Å². The number of aryl methyl sites for hydroxylation is 1. The van der Waals surface area contributed by atoms with Crippen molar-refractivity contribution in [3.63, 3.8) is 0 Å². The Balaban J connectivity index is 1.93. The minimum Gasteiger partial charge on any atom is -0.357 e. The molecular weight excluding hydrogens is 214 g/mol. The summed E-state index contributed by atoms with van der Waals surface area (Å²) in [4.78, 5) is 14.2. The summed E-state index contributed by atoms with van der Waals surface area (Å²) in [5.41, 5.74) is 0.759. The van der Waals surface area contributed by atoms with Gasteiger partial charge in [0.25, 0.3) is 0 Å². The molecule has 0 aromatic carbocycles. The van der Waals surface area contributed by atoms with Crippen molar-refractivity contribution in [1.29, 1.82) is 5.26 Å². The van der Waals surface area contributed by atoms with Gasteiger partial charge in [-0.2, -0.15) is 5.26 Å². The molecular formula is C13H17N3O. The summed E-state index contributed by atoms with van der Waals surface area (Å²) in [7, 11) is 1.91. The zero-order valence-electron chi connectivity index (χ0n) is 10.1. The molecule has 1 aromatic rings. The van der Waals surface area contributed by atoms with E-state index in [4.69, 9.17) is 5.26 Å². The molecule has 90 valence electrons. The van der Waals surface area contributed by atoms with Crippen molar-refractivity contribution in [3.8, 4) is 6.07 Å². The minimum absolute atomic E-state index is 0.149. The van der Waals surface area contributed by atoms with Gasteiger partial charge < -0.3 is 4.57 Å². The van der Waals surface area contributed by atoms with Crippen LogP contribution in [0, 0.1) is 11.3 Å². The number of nitriles is 1. The summed E-state index contributed by atoms with van der Waals surface area (Å²) < 4.78 is 1.88. The first-order valence-corrected chi connectivity index (χ1v) is 5.97. The maximum Gasteiger partial charge on any atom is 0.178 e. The Bertz CT molecular complexity index is 440. The molecule has 0 aliphatic heterocycles. The van der Waals surface area contributed by atoms with E-state index in [0.29, 0.717) is 25.6 Å². The van der Waals surface area contributed by atoms with Gasteiger partial charge in [0.15, 0.2) is 5.78 Å². The van der Waals surface area contributed by atoms with Crippen molar-refractivity contribution in [3.05, 3.63) is 24.0 Å². The van der Waals surface area contributed by atoms with Crippen LogP contribution in [0.25, 0.3) is 0 Å². The van der Waals surface area contributed by atoms with Crippen LogP contribution in [-0.4, -0.2) is 34.4 Å². The van der Waals surface area contributed by atoms with E-state index in [2.05, 4.69) is 11.0 Å². The molecule has 0 spiro atoms. The summed E-state index contributed by atoms with van der Waals surface area (Å²) in [6, 6.07) is 4.51. The molecule has 4 nitrogen and oxygen atoms in total. The van der Waals surface area contributed by atoms with Crippen LogP contribution in [0.3, 0.4) is 0 Å². The molecule has 1 fully saturated rings. The van der Waals surface area contributed by atoms with Crippen molar-refractivity contribution in [2.24, 2.45) is 7.05 Å². The second kappa shape index (κ2) is 5.15. The number of hydrogen-bond donors (Lipinski definition) is 0. The predicted octanol–water partition coefficient (Wildman–Crippen LogP) is 1.59. The van der Waals surface area contributed by atoms with Gasteiger partial charge in [0.05, 0.1) is 12.6 Å². The first kappa shape index (κ1) is 11.9. The van der Waals surface area contributed by atoms with E-state index in [-0.39, 0.29) is 5.78 Å². The van der Waals surface area contributed by atoms with E-state index in [1.807, 2.05) is 30.1 Å². The molecule has 4 heteroatoms. The molecule has 0 amide bonds. The van der Waals surface area contributed by atoms with Crippen LogP contribution >= 0.6 is 0 Å². The van der Waals surface area contributed by atoms with E-state index < -0.39 is 0 Å². The molecule has 17 heavy (non-hydrogen) atoms. The highest BCUT2D eigenvalue weighted by Gasteiger charge is 2.30. The number of rotatable bonds is 6. The highest BCUT2D eigenvalue weighted by atomic mass is 16.1. The van der Waals surface area contributed by atoms with Gasteiger partial charge in [-0.1, -0.05) is 0 Å². The molecule has 1 saturated carbocycles. The second-order valence-electron chi connectivity index (χ2n) is 4.60. The molecule has 0 N–H and O–H groups in total. The Morgan fingerprint density at radius 3 is 2.94 bits per heavy atom. The lowest BCUT2D eigenvalue weighted by Crippen LogP contribution is -2.32. The normalized spacial score (nSPS) is 14.9. The van der Waals surface area contributed by atoms with Gasteiger partial charge in [-0.05, 0) is 18.9 Å². The lowest BCUT2D eigenvalue weighted by molar-refractivity contribution is 0.0926. The van der Waals surface area contributed by atoms with E-state index >= 15 is 0 Å². The zero-order valence-corrected chi connectivity index (χ0v) is 10.1. The number of Topliss-reactive ketones (excluding diaryl/α,β-unsaturated/α-hetero) is 1. The smallest absolute Gasteiger partial charge is 0.178 e. The highest BCUT2D eigenvalue weighted by Crippen LogP contribution is 2.27. The van der Waals surface area contributed by atoms with Crippen molar-refractivity contribution in [1.82, 2.24) is 9.47 Å². The van der Waals surface area contributed by atoms with Crippen LogP contribution in [0.4, 0.5) is 0 Å². The Morgan fingerprint density at radius 1 is 1.65 bits per heavy atom. The molecule has 0 saturated heterocycles. The lowest BCUT2D eigenvalue weighted by atomic mass is 10.2. The average molecular weight is 231 g/mol. The summed E-state index contributed by atoms with van der Waals surface area (Å²) in [5.74, 6) is 0.149. The topological polar surface area (TPSA) is 49.0 Å².